The molecule has 2 heterocycles. The second kappa shape index (κ2) is 4.83. The van der Waals surface area contributed by atoms with E-state index in [0.29, 0.717) is 11.9 Å². The van der Waals surface area contributed by atoms with Crippen LogP contribution in [-0.2, 0) is 0 Å². The van der Waals surface area contributed by atoms with Crippen LogP contribution in [0.4, 0.5) is 5.82 Å². The van der Waals surface area contributed by atoms with E-state index in [-0.39, 0.29) is 0 Å². The minimum absolute atomic E-state index is 0.548. The van der Waals surface area contributed by atoms with Crippen LogP contribution in [-0.4, -0.2) is 23.0 Å². The molecule has 0 bridgehead atoms. The van der Waals surface area contributed by atoms with Crippen LogP contribution in [0.5, 0.6) is 0 Å². The second-order valence-electron chi connectivity index (χ2n) is 4.55. The number of nitrogen functional groups attached to an aromatic ring is 1. The molecule has 1 aromatic rings. The van der Waals surface area contributed by atoms with E-state index >= 15 is 0 Å². The highest BCUT2D eigenvalue weighted by atomic mass is 15.2. The lowest BCUT2D eigenvalue weighted by Gasteiger charge is -2.35. The number of rotatable bonds is 2. The predicted molar refractivity (Wildman–Crippen MR) is 67.2 cm³/mol. The number of aromatic nitrogens is 1. The molecule has 1 aliphatic rings. The summed E-state index contributed by atoms with van der Waals surface area (Å²) in [7, 11) is 0. The summed E-state index contributed by atoms with van der Waals surface area (Å²) in [5.41, 5.74) is 8.14. The molecule has 1 saturated heterocycles. The lowest BCUT2D eigenvalue weighted by atomic mass is 9.94. The van der Waals surface area contributed by atoms with Crippen molar-refractivity contribution in [1.29, 1.82) is 0 Å². The van der Waals surface area contributed by atoms with Gasteiger partial charge in [0.05, 0.1) is 0 Å². The van der Waals surface area contributed by atoms with Gasteiger partial charge in [-0.2, -0.15) is 0 Å². The molecule has 1 unspecified atom stereocenters. The van der Waals surface area contributed by atoms with Crippen LogP contribution in [0.25, 0.3) is 0 Å². The predicted octanol–water partition coefficient (Wildman–Crippen LogP) is 2.52. The third-order valence-electron chi connectivity index (χ3n) is 3.53. The number of hydrogen-bond acceptors (Lipinski definition) is 3. The number of likely N-dealkylation sites (tertiary alicyclic amines) is 1. The normalized spacial score (nSPS) is 22.2. The summed E-state index contributed by atoms with van der Waals surface area (Å²) in [4.78, 5) is 6.91. The maximum Gasteiger partial charge on any atom is 0.123 e. The molecule has 3 nitrogen and oxygen atoms in total. The zero-order chi connectivity index (χ0) is 11.5. The first-order valence-corrected chi connectivity index (χ1v) is 6.19. The van der Waals surface area contributed by atoms with E-state index in [1.54, 1.807) is 0 Å². The smallest absolute Gasteiger partial charge is 0.123 e. The SMILES string of the molecule is CCN1CCCCC1c1ccc(N)nc1C. The molecule has 16 heavy (non-hydrogen) atoms. The Kier molecular flexibility index (Phi) is 3.44. The van der Waals surface area contributed by atoms with Crippen LogP contribution in [0.1, 0.15) is 43.5 Å². The Morgan fingerprint density at radius 3 is 2.94 bits per heavy atom. The largest absolute Gasteiger partial charge is 0.384 e. The highest BCUT2D eigenvalue weighted by Gasteiger charge is 2.24. The lowest BCUT2D eigenvalue weighted by molar-refractivity contribution is 0.156. The minimum atomic E-state index is 0.548. The molecule has 1 aromatic heterocycles. The van der Waals surface area contributed by atoms with Gasteiger partial charge in [-0.3, -0.25) is 4.90 Å². The zero-order valence-electron chi connectivity index (χ0n) is 10.2. The number of piperidine rings is 1. The molecule has 1 atom stereocenters. The van der Waals surface area contributed by atoms with E-state index in [0.717, 1.165) is 12.2 Å². The molecule has 2 N–H and O–H groups in total. The average Bonchev–Trinajstić information content (AvgIpc) is 2.29. The standard InChI is InChI=1S/C13H21N3/c1-3-16-9-5-4-6-12(16)11-7-8-13(14)15-10(11)2/h7-8,12H,3-6,9H2,1-2H3,(H2,14,15). The van der Waals surface area contributed by atoms with Crippen molar-refractivity contribution in [2.45, 2.75) is 39.2 Å². The molecule has 1 fully saturated rings. The number of pyridine rings is 1. The van der Waals surface area contributed by atoms with Crippen molar-refractivity contribution in [3.8, 4) is 0 Å². The van der Waals surface area contributed by atoms with E-state index in [9.17, 15) is 0 Å². The van der Waals surface area contributed by atoms with Gasteiger partial charge in [-0.25, -0.2) is 4.98 Å². The van der Waals surface area contributed by atoms with Crippen LogP contribution in [0.2, 0.25) is 0 Å². The molecular weight excluding hydrogens is 198 g/mol. The molecule has 0 spiro atoms. The van der Waals surface area contributed by atoms with E-state index < -0.39 is 0 Å². The molecule has 88 valence electrons. The van der Waals surface area contributed by atoms with Gasteiger partial charge in [0, 0.05) is 11.7 Å². The average molecular weight is 219 g/mol. The third-order valence-corrected chi connectivity index (χ3v) is 3.53. The maximum absolute atomic E-state index is 5.70. The van der Waals surface area contributed by atoms with Crippen molar-refractivity contribution in [3.63, 3.8) is 0 Å². The molecule has 1 aliphatic heterocycles. The highest BCUT2D eigenvalue weighted by Crippen LogP contribution is 2.31. The summed E-state index contributed by atoms with van der Waals surface area (Å²) in [6.45, 7) is 6.63. The Morgan fingerprint density at radius 2 is 2.25 bits per heavy atom. The van der Waals surface area contributed by atoms with Crippen molar-refractivity contribution in [2.75, 3.05) is 18.8 Å². The van der Waals surface area contributed by atoms with Gasteiger partial charge >= 0.3 is 0 Å². The van der Waals surface area contributed by atoms with Gasteiger partial charge in [-0.05, 0) is 44.5 Å². The van der Waals surface area contributed by atoms with Gasteiger partial charge in [0.15, 0.2) is 0 Å². The maximum atomic E-state index is 5.70. The van der Waals surface area contributed by atoms with Gasteiger partial charge in [0.2, 0.25) is 0 Å². The van der Waals surface area contributed by atoms with Gasteiger partial charge in [-0.1, -0.05) is 19.4 Å². The number of aryl methyl sites for hydroxylation is 1. The monoisotopic (exact) mass is 219 g/mol. The topological polar surface area (TPSA) is 42.1 Å². The second-order valence-corrected chi connectivity index (χ2v) is 4.55. The summed E-state index contributed by atoms with van der Waals surface area (Å²) in [6.07, 6.45) is 3.90. The Balaban J connectivity index is 2.27. The Bertz CT molecular complexity index is 362. The number of nitrogens with two attached hydrogens (primary N) is 1. The van der Waals surface area contributed by atoms with Gasteiger partial charge in [-0.15, -0.1) is 0 Å². The molecule has 0 saturated carbocycles. The molecule has 2 rings (SSSR count). The first kappa shape index (κ1) is 11.4. The van der Waals surface area contributed by atoms with Crippen molar-refractivity contribution in [3.05, 3.63) is 23.4 Å². The summed E-state index contributed by atoms with van der Waals surface area (Å²) in [5, 5.41) is 0. The molecule has 0 aromatic carbocycles. The molecular formula is C13H21N3. The molecule has 0 amide bonds. The van der Waals surface area contributed by atoms with Crippen LogP contribution in [0, 0.1) is 6.92 Å². The highest BCUT2D eigenvalue weighted by molar-refractivity contribution is 5.35. The number of hydrogen-bond donors (Lipinski definition) is 1. The van der Waals surface area contributed by atoms with Crippen molar-refractivity contribution in [1.82, 2.24) is 9.88 Å². The van der Waals surface area contributed by atoms with E-state index in [1.165, 1.54) is 31.4 Å². The summed E-state index contributed by atoms with van der Waals surface area (Å²) in [6, 6.07) is 4.62. The van der Waals surface area contributed by atoms with Gasteiger partial charge in [0.1, 0.15) is 5.82 Å². The van der Waals surface area contributed by atoms with Crippen LogP contribution < -0.4 is 5.73 Å². The quantitative estimate of drug-likeness (QED) is 0.831. The fourth-order valence-corrected chi connectivity index (χ4v) is 2.67. The zero-order valence-corrected chi connectivity index (χ0v) is 10.2. The summed E-state index contributed by atoms with van der Waals surface area (Å²) >= 11 is 0. The summed E-state index contributed by atoms with van der Waals surface area (Å²) < 4.78 is 0. The van der Waals surface area contributed by atoms with Gasteiger partial charge < -0.3 is 5.73 Å². The lowest BCUT2D eigenvalue weighted by Crippen LogP contribution is -2.33. The Labute approximate surface area is 97.7 Å². The number of nitrogens with zero attached hydrogens (tertiary/aromatic N) is 2. The van der Waals surface area contributed by atoms with Crippen molar-refractivity contribution < 1.29 is 0 Å². The molecule has 3 heteroatoms. The Hall–Kier alpha value is -1.09. The summed E-state index contributed by atoms with van der Waals surface area (Å²) in [5.74, 6) is 0.625. The van der Waals surface area contributed by atoms with Crippen LogP contribution >= 0.6 is 0 Å². The Morgan fingerprint density at radius 1 is 1.44 bits per heavy atom. The first-order chi connectivity index (χ1) is 7.72. The number of anilines is 1. The minimum Gasteiger partial charge on any atom is -0.384 e. The van der Waals surface area contributed by atoms with E-state index in [4.69, 9.17) is 5.73 Å². The first-order valence-electron chi connectivity index (χ1n) is 6.19. The third kappa shape index (κ3) is 2.19. The van der Waals surface area contributed by atoms with Crippen molar-refractivity contribution >= 4 is 5.82 Å². The fraction of sp³-hybridized carbons (Fsp3) is 0.615. The van der Waals surface area contributed by atoms with Gasteiger partial charge in [0.25, 0.3) is 0 Å². The van der Waals surface area contributed by atoms with E-state index in [1.807, 2.05) is 6.07 Å². The molecule has 0 aliphatic carbocycles. The van der Waals surface area contributed by atoms with Crippen molar-refractivity contribution in [2.24, 2.45) is 0 Å². The fourth-order valence-electron chi connectivity index (χ4n) is 2.67. The van der Waals surface area contributed by atoms with Crippen LogP contribution in [0.3, 0.4) is 0 Å². The van der Waals surface area contributed by atoms with E-state index in [2.05, 4.69) is 29.8 Å². The van der Waals surface area contributed by atoms with Crippen LogP contribution in [0.15, 0.2) is 12.1 Å². The molecule has 0 radical (unpaired) electrons.